The minimum Gasteiger partial charge on any atom is -0.333 e. The second kappa shape index (κ2) is 5.67. The van der Waals surface area contributed by atoms with Crippen LogP contribution in [-0.4, -0.2) is 9.55 Å². The SMILES string of the molecule is CCC1CCC(Cn2cncc2[C@@H](C)N)CC1. The summed E-state index contributed by atoms with van der Waals surface area (Å²) in [4.78, 5) is 4.22. The van der Waals surface area contributed by atoms with E-state index in [1.54, 1.807) is 0 Å². The smallest absolute Gasteiger partial charge is 0.0948 e. The summed E-state index contributed by atoms with van der Waals surface area (Å²) < 4.78 is 2.25. The Labute approximate surface area is 104 Å². The quantitative estimate of drug-likeness (QED) is 0.871. The second-order valence-corrected chi connectivity index (χ2v) is 5.55. The second-order valence-electron chi connectivity index (χ2n) is 5.55. The van der Waals surface area contributed by atoms with Crippen LogP contribution in [0.4, 0.5) is 0 Å². The minimum absolute atomic E-state index is 0.0875. The van der Waals surface area contributed by atoms with E-state index in [0.29, 0.717) is 0 Å². The number of hydrogen-bond donors (Lipinski definition) is 1. The lowest BCUT2D eigenvalue weighted by molar-refractivity contribution is 0.246. The number of nitrogens with two attached hydrogens (primary N) is 1. The van der Waals surface area contributed by atoms with E-state index >= 15 is 0 Å². The molecule has 0 bridgehead atoms. The van der Waals surface area contributed by atoms with E-state index in [-0.39, 0.29) is 6.04 Å². The number of aromatic nitrogens is 2. The fraction of sp³-hybridized carbons (Fsp3) is 0.786. The molecule has 0 unspecified atom stereocenters. The Balaban J connectivity index is 1.91. The molecule has 1 aromatic heterocycles. The molecule has 1 aliphatic carbocycles. The highest BCUT2D eigenvalue weighted by Crippen LogP contribution is 2.31. The van der Waals surface area contributed by atoms with Crippen molar-refractivity contribution in [2.45, 2.75) is 58.5 Å². The fourth-order valence-electron chi connectivity index (χ4n) is 2.96. The van der Waals surface area contributed by atoms with Crippen LogP contribution >= 0.6 is 0 Å². The Morgan fingerprint density at radius 2 is 2.00 bits per heavy atom. The molecule has 0 radical (unpaired) electrons. The van der Waals surface area contributed by atoms with Gasteiger partial charge in [0.25, 0.3) is 0 Å². The molecule has 0 aromatic carbocycles. The first-order chi connectivity index (χ1) is 8.20. The maximum atomic E-state index is 5.95. The maximum absolute atomic E-state index is 5.95. The van der Waals surface area contributed by atoms with Crippen molar-refractivity contribution in [3.8, 4) is 0 Å². The molecule has 96 valence electrons. The van der Waals surface area contributed by atoms with Crippen molar-refractivity contribution in [1.29, 1.82) is 0 Å². The van der Waals surface area contributed by atoms with E-state index < -0.39 is 0 Å². The van der Waals surface area contributed by atoms with Crippen molar-refractivity contribution in [2.24, 2.45) is 17.6 Å². The zero-order valence-corrected chi connectivity index (χ0v) is 11.1. The van der Waals surface area contributed by atoms with Crippen LogP contribution in [0, 0.1) is 11.8 Å². The summed E-state index contributed by atoms with van der Waals surface area (Å²) in [5.41, 5.74) is 7.12. The molecule has 1 aliphatic rings. The lowest BCUT2D eigenvalue weighted by atomic mass is 9.81. The maximum Gasteiger partial charge on any atom is 0.0948 e. The Morgan fingerprint density at radius 1 is 1.35 bits per heavy atom. The van der Waals surface area contributed by atoms with E-state index in [4.69, 9.17) is 5.73 Å². The standard InChI is InChI=1S/C14H25N3/c1-3-12-4-6-13(7-5-12)9-17-10-16-8-14(17)11(2)15/h8,10-13H,3-7,9,15H2,1-2H3/t11-,12?,13?/m1/s1. The molecule has 3 heteroatoms. The molecule has 0 saturated heterocycles. The molecular formula is C14H25N3. The summed E-state index contributed by atoms with van der Waals surface area (Å²) in [5, 5.41) is 0. The Bertz CT molecular complexity index is 335. The van der Waals surface area contributed by atoms with E-state index in [1.807, 2.05) is 19.4 Å². The monoisotopic (exact) mass is 235 g/mol. The zero-order chi connectivity index (χ0) is 12.3. The van der Waals surface area contributed by atoms with Gasteiger partial charge < -0.3 is 10.3 Å². The van der Waals surface area contributed by atoms with Gasteiger partial charge in [0, 0.05) is 18.8 Å². The van der Waals surface area contributed by atoms with Gasteiger partial charge in [-0.05, 0) is 31.6 Å². The van der Waals surface area contributed by atoms with Gasteiger partial charge >= 0.3 is 0 Å². The molecule has 2 N–H and O–H groups in total. The van der Waals surface area contributed by atoms with Crippen LogP contribution in [0.1, 0.15) is 57.7 Å². The molecule has 17 heavy (non-hydrogen) atoms. The predicted octanol–water partition coefficient (Wildman–Crippen LogP) is 3.12. The highest BCUT2D eigenvalue weighted by atomic mass is 15.1. The first-order valence-electron chi connectivity index (χ1n) is 6.96. The Hall–Kier alpha value is -0.830. The van der Waals surface area contributed by atoms with E-state index in [9.17, 15) is 0 Å². The van der Waals surface area contributed by atoms with Crippen LogP contribution in [0.5, 0.6) is 0 Å². The molecule has 1 heterocycles. The van der Waals surface area contributed by atoms with Crippen molar-refractivity contribution in [3.63, 3.8) is 0 Å². The first kappa shape index (κ1) is 12.6. The molecule has 1 atom stereocenters. The van der Waals surface area contributed by atoms with E-state index in [0.717, 1.165) is 18.4 Å². The molecular weight excluding hydrogens is 210 g/mol. The molecule has 2 rings (SSSR count). The summed E-state index contributed by atoms with van der Waals surface area (Å²) >= 11 is 0. The van der Waals surface area contributed by atoms with Crippen molar-refractivity contribution in [3.05, 3.63) is 18.2 Å². The minimum atomic E-state index is 0.0875. The van der Waals surface area contributed by atoms with Gasteiger partial charge in [0.15, 0.2) is 0 Å². The molecule has 1 aromatic rings. The molecule has 1 saturated carbocycles. The van der Waals surface area contributed by atoms with E-state index in [2.05, 4.69) is 16.5 Å². The first-order valence-corrected chi connectivity index (χ1v) is 6.96. The number of hydrogen-bond acceptors (Lipinski definition) is 2. The van der Waals surface area contributed by atoms with Crippen molar-refractivity contribution >= 4 is 0 Å². The third kappa shape index (κ3) is 3.09. The zero-order valence-electron chi connectivity index (χ0n) is 11.1. The van der Waals surface area contributed by atoms with Crippen LogP contribution in [0.25, 0.3) is 0 Å². The van der Waals surface area contributed by atoms with Crippen LogP contribution in [-0.2, 0) is 6.54 Å². The van der Waals surface area contributed by atoms with Crippen molar-refractivity contribution in [1.82, 2.24) is 9.55 Å². The Kier molecular flexibility index (Phi) is 4.21. The van der Waals surface area contributed by atoms with Gasteiger partial charge in [-0.25, -0.2) is 4.98 Å². The number of imidazole rings is 1. The number of nitrogens with zero attached hydrogens (tertiary/aromatic N) is 2. The van der Waals surface area contributed by atoms with Gasteiger partial charge in [0.1, 0.15) is 0 Å². The van der Waals surface area contributed by atoms with Crippen LogP contribution in [0.2, 0.25) is 0 Å². The predicted molar refractivity (Wildman–Crippen MR) is 70.6 cm³/mol. The van der Waals surface area contributed by atoms with Crippen molar-refractivity contribution < 1.29 is 0 Å². The van der Waals surface area contributed by atoms with Gasteiger partial charge in [-0.2, -0.15) is 0 Å². The van der Waals surface area contributed by atoms with Crippen LogP contribution < -0.4 is 5.73 Å². The average molecular weight is 235 g/mol. The summed E-state index contributed by atoms with van der Waals surface area (Å²) in [7, 11) is 0. The fourth-order valence-corrected chi connectivity index (χ4v) is 2.96. The third-order valence-corrected chi connectivity index (χ3v) is 4.21. The van der Waals surface area contributed by atoms with Crippen LogP contribution in [0.15, 0.2) is 12.5 Å². The summed E-state index contributed by atoms with van der Waals surface area (Å²) in [6.45, 7) is 5.45. The summed E-state index contributed by atoms with van der Waals surface area (Å²) in [5.74, 6) is 1.80. The summed E-state index contributed by atoms with van der Waals surface area (Å²) in [6.07, 6.45) is 10.7. The van der Waals surface area contributed by atoms with Gasteiger partial charge in [-0.15, -0.1) is 0 Å². The van der Waals surface area contributed by atoms with Gasteiger partial charge in [-0.1, -0.05) is 26.2 Å². The van der Waals surface area contributed by atoms with Crippen molar-refractivity contribution in [2.75, 3.05) is 0 Å². The number of rotatable bonds is 4. The Morgan fingerprint density at radius 3 is 2.59 bits per heavy atom. The summed E-state index contributed by atoms with van der Waals surface area (Å²) in [6, 6.07) is 0.0875. The largest absolute Gasteiger partial charge is 0.333 e. The normalized spacial score (nSPS) is 27.0. The van der Waals surface area contributed by atoms with Gasteiger partial charge in [-0.3, -0.25) is 0 Å². The molecule has 3 nitrogen and oxygen atoms in total. The lowest BCUT2D eigenvalue weighted by Crippen LogP contribution is -2.21. The molecule has 0 amide bonds. The van der Waals surface area contributed by atoms with Gasteiger partial charge in [0.2, 0.25) is 0 Å². The van der Waals surface area contributed by atoms with Gasteiger partial charge in [0.05, 0.1) is 12.0 Å². The lowest BCUT2D eigenvalue weighted by Gasteiger charge is -2.28. The molecule has 0 aliphatic heterocycles. The van der Waals surface area contributed by atoms with Crippen LogP contribution in [0.3, 0.4) is 0 Å². The average Bonchev–Trinajstić information content (AvgIpc) is 2.78. The molecule has 1 fully saturated rings. The van der Waals surface area contributed by atoms with E-state index in [1.165, 1.54) is 37.8 Å². The highest BCUT2D eigenvalue weighted by molar-refractivity contribution is 5.03. The molecule has 0 spiro atoms. The third-order valence-electron chi connectivity index (χ3n) is 4.21. The highest BCUT2D eigenvalue weighted by Gasteiger charge is 2.21. The topological polar surface area (TPSA) is 43.8 Å².